The molecule has 0 heterocycles. The lowest BCUT2D eigenvalue weighted by molar-refractivity contribution is -0.385. The zero-order valence-corrected chi connectivity index (χ0v) is 10.4. The number of rotatable bonds is 4. The summed E-state index contributed by atoms with van der Waals surface area (Å²) in [5.74, 6) is -2.88. The van der Waals surface area contributed by atoms with E-state index in [2.05, 4.69) is 0 Å². The normalized spacial score (nSPS) is 11.3. The molecule has 0 aromatic heterocycles. The Morgan fingerprint density at radius 3 is 2.15 bits per heavy atom. The first-order valence-corrected chi connectivity index (χ1v) is 5.87. The van der Waals surface area contributed by atoms with E-state index in [-0.39, 0.29) is 11.3 Å². The van der Waals surface area contributed by atoms with Gasteiger partial charge in [-0.25, -0.2) is 0 Å². The molecule has 2 rings (SSSR count). The first kappa shape index (κ1) is 14.1. The molecule has 0 atom stereocenters. The lowest BCUT2D eigenvalue weighted by Crippen LogP contribution is -2.23. The minimum absolute atomic E-state index is 0.0393. The summed E-state index contributed by atoms with van der Waals surface area (Å²) in [6, 6.07) is 12.3. The maximum Gasteiger partial charge on any atom is 0.304 e. The van der Waals surface area contributed by atoms with Crippen molar-refractivity contribution in [1.82, 2.24) is 0 Å². The molecule has 0 saturated carbocycles. The third-order valence-corrected chi connectivity index (χ3v) is 2.92. The van der Waals surface area contributed by atoms with Crippen LogP contribution in [0.4, 0.5) is 5.69 Å². The van der Waals surface area contributed by atoms with Gasteiger partial charge in [-0.2, -0.15) is 0 Å². The van der Waals surface area contributed by atoms with Crippen molar-refractivity contribution in [3.63, 3.8) is 0 Å². The number of nitro benzene ring substituents is 1. The van der Waals surface area contributed by atoms with Gasteiger partial charge in [0, 0.05) is 23.6 Å². The summed E-state index contributed by atoms with van der Waals surface area (Å²) in [6.07, 6.45) is 0.340. The van der Waals surface area contributed by atoms with Crippen LogP contribution >= 0.6 is 0 Å². The van der Waals surface area contributed by atoms with Gasteiger partial charge in [-0.15, -0.1) is 0 Å². The Morgan fingerprint density at radius 1 is 1.00 bits per heavy atom. The van der Waals surface area contributed by atoms with E-state index in [0.29, 0.717) is 12.0 Å². The van der Waals surface area contributed by atoms with Crippen LogP contribution in [0.1, 0.15) is 16.7 Å². The third kappa shape index (κ3) is 3.18. The van der Waals surface area contributed by atoms with Crippen LogP contribution in [0.15, 0.2) is 48.5 Å². The smallest absolute Gasteiger partial charge is 0.304 e. The molecule has 3 N–H and O–H groups in total. The van der Waals surface area contributed by atoms with Crippen LogP contribution in [-0.4, -0.2) is 20.2 Å². The van der Waals surface area contributed by atoms with Gasteiger partial charge in [0.15, 0.2) is 0 Å². The van der Waals surface area contributed by atoms with E-state index >= 15 is 0 Å². The fourth-order valence-corrected chi connectivity index (χ4v) is 1.90. The van der Waals surface area contributed by atoms with Gasteiger partial charge in [0.25, 0.3) is 5.69 Å². The Kier molecular flexibility index (Phi) is 3.80. The van der Waals surface area contributed by atoms with Crippen molar-refractivity contribution >= 4 is 5.69 Å². The summed E-state index contributed by atoms with van der Waals surface area (Å²) in [5, 5.41) is 37.9. The Bertz CT molecular complexity index is 616. The topological polar surface area (TPSA) is 104 Å². The van der Waals surface area contributed by atoms with Gasteiger partial charge >= 0.3 is 5.97 Å². The largest absolute Gasteiger partial charge is 0.340 e. The first-order chi connectivity index (χ1) is 9.38. The predicted molar refractivity (Wildman–Crippen MR) is 70.7 cm³/mol. The van der Waals surface area contributed by atoms with E-state index < -0.39 is 10.9 Å². The van der Waals surface area contributed by atoms with Crippen LogP contribution < -0.4 is 0 Å². The van der Waals surface area contributed by atoms with E-state index in [9.17, 15) is 10.1 Å². The molecular weight excluding hydrogens is 262 g/mol. The summed E-state index contributed by atoms with van der Waals surface area (Å²) < 4.78 is 0. The van der Waals surface area contributed by atoms with Gasteiger partial charge in [0.05, 0.1) is 4.92 Å². The summed E-state index contributed by atoms with van der Waals surface area (Å²) in [4.78, 5) is 10.5. The highest BCUT2D eigenvalue weighted by atomic mass is 16.7. The molecule has 0 amide bonds. The van der Waals surface area contributed by atoms with Crippen LogP contribution in [0.5, 0.6) is 0 Å². The van der Waals surface area contributed by atoms with Crippen molar-refractivity contribution < 1.29 is 20.2 Å². The summed E-state index contributed by atoms with van der Waals surface area (Å²) >= 11 is 0. The minimum Gasteiger partial charge on any atom is -0.340 e. The highest BCUT2D eigenvalue weighted by Crippen LogP contribution is 2.22. The van der Waals surface area contributed by atoms with Gasteiger partial charge in [-0.1, -0.05) is 42.5 Å². The fourth-order valence-electron chi connectivity index (χ4n) is 1.90. The van der Waals surface area contributed by atoms with Crippen molar-refractivity contribution in [1.29, 1.82) is 0 Å². The second-order valence-electron chi connectivity index (χ2n) is 4.39. The van der Waals surface area contributed by atoms with E-state index in [1.165, 1.54) is 18.2 Å². The van der Waals surface area contributed by atoms with Crippen LogP contribution in [0.25, 0.3) is 0 Å². The molecule has 0 saturated heterocycles. The number of aliphatic hydroxyl groups is 3. The quantitative estimate of drug-likeness (QED) is 0.443. The molecule has 0 aliphatic heterocycles. The number of nitrogens with zero attached hydrogens (tertiary/aromatic N) is 1. The number of nitro groups is 1. The average Bonchev–Trinajstić information content (AvgIpc) is 2.38. The van der Waals surface area contributed by atoms with Gasteiger partial charge in [-0.3, -0.25) is 10.1 Å². The van der Waals surface area contributed by atoms with Crippen molar-refractivity contribution in [3.05, 3.63) is 75.3 Å². The molecular formula is C14H13NO5. The molecule has 2 aromatic rings. The van der Waals surface area contributed by atoms with E-state index in [1.54, 1.807) is 30.3 Å². The van der Waals surface area contributed by atoms with Gasteiger partial charge in [0.1, 0.15) is 0 Å². The van der Waals surface area contributed by atoms with Crippen LogP contribution in [0.2, 0.25) is 0 Å². The zero-order chi connectivity index (χ0) is 14.8. The highest BCUT2D eigenvalue weighted by Gasteiger charge is 2.21. The molecule has 0 aliphatic rings. The Morgan fingerprint density at radius 2 is 1.60 bits per heavy atom. The molecule has 0 unspecified atom stereocenters. The van der Waals surface area contributed by atoms with Crippen LogP contribution in [0.3, 0.4) is 0 Å². The predicted octanol–water partition coefficient (Wildman–Crippen LogP) is 1.27. The molecule has 6 heteroatoms. The standard InChI is InChI=1S/C14H13NO5/c16-14(17,18)12-7-5-10(6-8-12)9-11-3-1-2-4-13(11)15(19)20/h1-8,16-18H,9H2. The molecule has 2 aromatic carbocycles. The molecule has 0 radical (unpaired) electrons. The fraction of sp³-hybridized carbons (Fsp3) is 0.143. The summed E-state index contributed by atoms with van der Waals surface area (Å²) in [5.41, 5.74) is 1.29. The SMILES string of the molecule is O=[N+]([O-])c1ccccc1Cc1ccc(C(O)(O)O)cc1. The monoisotopic (exact) mass is 275 g/mol. The second-order valence-corrected chi connectivity index (χ2v) is 4.39. The molecule has 6 nitrogen and oxygen atoms in total. The summed E-state index contributed by atoms with van der Waals surface area (Å²) in [6.45, 7) is 0. The Hall–Kier alpha value is -2.28. The summed E-state index contributed by atoms with van der Waals surface area (Å²) in [7, 11) is 0. The Labute approximate surface area is 114 Å². The lowest BCUT2D eigenvalue weighted by Gasteiger charge is -2.14. The Balaban J connectivity index is 2.25. The number of para-hydroxylation sites is 1. The van der Waals surface area contributed by atoms with Crippen molar-refractivity contribution in [2.45, 2.75) is 12.4 Å². The van der Waals surface area contributed by atoms with E-state index in [4.69, 9.17) is 15.3 Å². The molecule has 20 heavy (non-hydrogen) atoms. The lowest BCUT2D eigenvalue weighted by atomic mass is 10.0. The van der Waals surface area contributed by atoms with Crippen LogP contribution in [-0.2, 0) is 12.4 Å². The van der Waals surface area contributed by atoms with Crippen molar-refractivity contribution in [2.75, 3.05) is 0 Å². The molecule has 0 aliphatic carbocycles. The van der Waals surface area contributed by atoms with Gasteiger partial charge in [-0.05, 0) is 5.56 Å². The minimum atomic E-state index is -2.88. The number of benzene rings is 2. The van der Waals surface area contributed by atoms with Crippen molar-refractivity contribution in [2.24, 2.45) is 0 Å². The van der Waals surface area contributed by atoms with Crippen molar-refractivity contribution in [3.8, 4) is 0 Å². The van der Waals surface area contributed by atoms with Crippen LogP contribution in [0, 0.1) is 10.1 Å². The van der Waals surface area contributed by atoms with E-state index in [1.807, 2.05) is 0 Å². The van der Waals surface area contributed by atoms with Gasteiger partial charge in [0.2, 0.25) is 0 Å². The van der Waals surface area contributed by atoms with E-state index in [0.717, 1.165) is 5.56 Å². The number of hydrogen-bond donors (Lipinski definition) is 3. The maximum atomic E-state index is 10.9. The number of hydrogen-bond acceptors (Lipinski definition) is 5. The molecule has 0 bridgehead atoms. The maximum absolute atomic E-state index is 10.9. The third-order valence-electron chi connectivity index (χ3n) is 2.92. The molecule has 0 fully saturated rings. The van der Waals surface area contributed by atoms with Gasteiger partial charge < -0.3 is 15.3 Å². The first-order valence-electron chi connectivity index (χ1n) is 5.87. The molecule has 104 valence electrons. The zero-order valence-electron chi connectivity index (χ0n) is 10.4. The average molecular weight is 275 g/mol. The molecule has 0 spiro atoms. The highest BCUT2D eigenvalue weighted by molar-refractivity contribution is 5.43. The second kappa shape index (κ2) is 5.38.